The second-order valence-electron chi connectivity index (χ2n) is 7.96. The molecule has 7 heteroatoms. The maximum absolute atomic E-state index is 12.4. The third-order valence-electron chi connectivity index (χ3n) is 4.03. The Balaban J connectivity index is 4.95. The van der Waals surface area contributed by atoms with Gasteiger partial charge in [-0.05, 0) is 23.5 Å². The molecule has 0 fully saturated rings. The van der Waals surface area contributed by atoms with E-state index in [4.69, 9.17) is 4.43 Å². The number of amides is 1. The van der Waals surface area contributed by atoms with Crippen LogP contribution in [0.2, 0.25) is 18.1 Å². The van der Waals surface area contributed by atoms with Crippen LogP contribution in [0.4, 0.5) is 13.2 Å². The topological polar surface area (TPSA) is 38.3 Å². The minimum Gasteiger partial charge on any atom is -0.415 e. The highest BCUT2D eigenvalue weighted by molar-refractivity contribution is 6.74. The maximum Gasteiger partial charge on any atom is 0.471 e. The molecule has 0 aliphatic heterocycles. The number of hydrogen-bond acceptors (Lipinski definition) is 2. The monoisotopic (exact) mass is 327 g/mol. The second-order valence-corrected chi connectivity index (χ2v) is 12.8. The summed E-state index contributed by atoms with van der Waals surface area (Å²) in [5, 5.41) is 2.02. The normalized spacial score (nSPS) is 15.8. The summed E-state index contributed by atoms with van der Waals surface area (Å²) in [6.45, 7) is 15.6. The highest BCUT2D eigenvalue weighted by atomic mass is 28.4. The lowest BCUT2D eigenvalue weighted by Gasteiger charge is -2.39. The van der Waals surface area contributed by atoms with Crippen LogP contribution >= 0.6 is 0 Å². The van der Waals surface area contributed by atoms with E-state index in [2.05, 4.69) is 26.1 Å². The fraction of sp³-hybridized carbons (Fsp3) is 0.929. The summed E-state index contributed by atoms with van der Waals surface area (Å²) in [5.74, 6) is -1.92. The fourth-order valence-electron chi connectivity index (χ4n) is 1.26. The van der Waals surface area contributed by atoms with E-state index in [0.29, 0.717) is 0 Å². The number of halogens is 3. The van der Waals surface area contributed by atoms with Gasteiger partial charge in [0.25, 0.3) is 0 Å². The van der Waals surface area contributed by atoms with Crippen molar-refractivity contribution in [3.63, 3.8) is 0 Å². The van der Waals surface area contributed by atoms with Gasteiger partial charge < -0.3 is 9.74 Å². The summed E-state index contributed by atoms with van der Waals surface area (Å²) in [5.41, 5.74) is -0.525. The number of nitrogens with one attached hydrogen (secondary N) is 1. The van der Waals surface area contributed by atoms with E-state index in [9.17, 15) is 18.0 Å². The van der Waals surface area contributed by atoms with E-state index in [1.54, 1.807) is 20.8 Å². The van der Waals surface area contributed by atoms with Crippen molar-refractivity contribution >= 4 is 14.2 Å². The molecule has 1 N–H and O–H groups in total. The van der Waals surface area contributed by atoms with Crippen LogP contribution in [0.1, 0.15) is 41.5 Å². The zero-order valence-corrected chi connectivity index (χ0v) is 15.2. The Morgan fingerprint density at radius 1 is 1.10 bits per heavy atom. The first kappa shape index (κ1) is 20.4. The van der Waals surface area contributed by atoms with Crippen molar-refractivity contribution in [1.82, 2.24) is 5.32 Å². The van der Waals surface area contributed by atoms with Gasteiger partial charge in [-0.3, -0.25) is 4.79 Å². The number of alkyl halides is 3. The smallest absolute Gasteiger partial charge is 0.415 e. The molecule has 0 spiro atoms. The molecule has 126 valence electrons. The molecule has 1 unspecified atom stereocenters. The summed E-state index contributed by atoms with van der Waals surface area (Å²) >= 11 is 0. The molecule has 0 aliphatic carbocycles. The summed E-state index contributed by atoms with van der Waals surface area (Å²) in [4.78, 5) is 11.2. The number of hydrogen-bond donors (Lipinski definition) is 1. The first-order valence-electron chi connectivity index (χ1n) is 7.00. The van der Waals surface area contributed by atoms with Gasteiger partial charge in [-0.15, -0.1) is 0 Å². The minimum absolute atomic E-state index is 0.0382. The van der Waals surface area contributed by atoms with Crippen LogP contribution < -0.4 is 5.32 Å². The quantitative estimate of drug-likeness (QED) is 0.790. The van der Waals surface area contributed by atoms with Crippen LogP contribution in [0.15, 0.2) is 0 Å². The molecular formula is C14H28F3NO2Si. The molecule has 0 aliphatic rings. The summed E-state index contributed by atoms with van der Waals surface area (Å²) in [6, 6.07) is -0.694. The van der Waals surface area contributed by atoms with Crippen molar-refractivity contribution in [1.29, 1.82) is 0 Å². The molecule has 1 amide bonds. The highest BCUT2D eigenvalue weighted by Gasteiger charge is 2.43. The Morgan fingerprint density at radius 2 is 1.52 bits per heavy atom. The first-order chi connectivity index (χ1) is 8.98. The average molecular weight is 327 g/mol. The van der Waals surface area contributed by atoms with Gasteiger partial charge >= 0.3 is 12.1 Å². The van der Waals surface area contributed by atoms with Crippen LogP contribution in [0.3, 0.4) is 0 Å². The summed E-state index contributed by atoms with van der Waals surface area (Å²) in [6.07, 6.45) is -4.87. The zero-order chi connectivity index (χ0) is 17.3. The lowest BCUT2D eigenvalue weighted by atomic mass is 9.87. The number of carbonyl (C=O) groups excluding carboxylic acids is 1. The SMILES string of the molecule is CC(C)(C)C(CO[Si](C)(C)C(C)(C)C)NC(=O)C(F)(F)F. The summed E-state index contributed by atoms with van der Waals surface area (Å²) in [7, 11) is -2.08. The molecular weight excluding hydrogens is 299 g/mol. The van der Waals surface area contributed by atoms with Crippen LogP contribution in [0, 0.1) is 5.41 Å². The van der Waals surface area contributed by atoms with Gasteiger partial charge in [0.05, 0.1) is 12.6 Å². The van der Waals surface area contributed by atoms with Crippen LogP contribution in [-0.4, -0.2) is 33.0 Å². The van der Waals surface area contributed by atoms with Crippen molar-refractivity contribution in [3.8, 4) is 0 Å². The standard InChI is InChI=1S/C14H28F3NO2Si/c1-12(2,3)10(18-11(19)14(15,16)17)9-20-21(7,8)13(4,5)6/h10H,9H2,1-8H3,(H,18,19). The summed E-state index contributed by atoms with van der Waals surface area (Å²) < 4.78 is 43.2. The van der Waals surface area contributed by atoms with Gasteiger partial charge in [-0.2, -0.15) is 13.2 Å². The molecule has 0 aromatic heterocycles. The van der Waals surface area contributed by atoms with Gasteiger partial charge in [0.15, 0.2) is 8.32 Å². The number of carbonyl (C=O) groups is 1. The first-order valence-corrected chi connectivity index (χ1v) is 9.91. The predicted molar refractivity (Wildman–Crippen MR) is 80.6 cm³/mol. The van der Waals surface area contributed by atoms with E-state index < -0.39 is 31.9 Å². The fourth-order valence-corrected chi connectivity index (χ4v) is 2.27. The van der Waals surface area contributed by atoms with Crippen molar-refractivity contribution in [2.75, 3.05) is 6.61 Å². The third kappa shape index (κ3) is 6.38. The molecule has 0 bridgehead atoms. The number of rotatable bonds is 4. The largest absolute Gasteiger partial charge is 0.471 e. The Kier molecular flexibility index (Phi) is 6.11. The Morgan fingerprint density at radius 3 is 1.81 bits per heavy atom. The van der Waals surface area contributed by atoms with Crippen molar-refractivity contribution in [3.05, 3.63) is 0 Å². The zero-order valence-electron chi connectivity index (χ0n) is 14.2. The van der Waals surface area contributed by atoms with Gasteiger partial charge in [0, 0.05) is 0 Å². The van der Waals surface area contributed by atoms with E-state index in [1.807, 2.05) is 13.1 Å². The van der Waals surface area contributed by atoms with E-state index in [0.717, 1.165) is 0 Å². The molecule has 0 aromatic carbocycles. The van der Waals surface area contributed by atoms with Crippen LogP contribution in [0.25, 0.3) is 0 Å². The third-order valence-corrected chi connectivity index (χ3v) is 8.53. The predicted octanol–water partition coefficient (Wildman–Crippen LogP) is 4.10. The Hall–Kier alpha value is -0.563. The molecule has 0 aromatic rings. The van der Waals surface area contributed by atoms with E-state index in [-0.39, 0.29) is 11.6 Å². The lowest BCUT2D eigenvalue weighted by molar-refractivity contribution is -0.175. The van der Waals surface area contributed by atoms with E-state index >= 15 is 0 Å². The van der Waals surface area contributed by atoms with Gasteiger partial charge in [0.2, 0.25) is 0 Å². The molecule has 0 saturated carbocycles. The highest BCUT2D eigenvalue weighted by Crippen LogP contribution is 2.37. The lowest BCUT2D eigenvalue weighted by Crippen LogP contribution is -2.53. The van der Waals surface area contributed by atoms with Gasteiger partial charge in [-0.1, -0.05) is 41.5 Å². The maximum atomic E-state index is 12.4. The van der Waals surface area contributed by atoms with Crippen molar-refractivity contribution in [2.24, 2.45) is 5.41 Å². The molecule has 0 heterocycles. The Bertz CT molecular complexity index is 368. The van der Waals surface area contributed by atoms with E-state index in [1.165, 1.54) is 0 Å². The molecule has 3 nitrogen and oxygen atoms in total. The molecule has 0 radical (unpaired) electrons. The van der Waals surface area contributed by atoms with Crippen molar-refractivity contribution < 1.29 is 22.4 Å². The van der Waals surface area contributed by atoms with Crippen molar-refractivity contribution in [2.45, 2.75) is 71.9 Å². The molecule has 1 atom stereocenters. The van der Waals surface area contributed by atoms with Crippen LogP contribution in [-0.2, 0) is 9.22 Å². The average Bonchev–Trinajstić information content (AvgIpc) is 2.18. The molecule has 21 heavy (non-hydrogen) atoms. The molecule has 0 saturated heterocycles. The Labute approximate surface area is 126 Å². The van der Waals surface area contributed by atoms with Gasteiger partial charge in [0.1, 0.15) is 0 Å². The van der Waals surface area contributed by atoms with Gasteiger partial charge in [-0.25, -0.2) is 0 Å². The second kappa shape index (κ2) is 6.28. The van der Waals surface area contributed by atoms with Crippen LogP contribution in [0.5, 0.6) is 0 Å². The minimum atomic E-state index is -4.87. The molecule has 0 rings (SSSR count).